The lowest BCUT2D eigenvalue weighted by Gasteiger charge is -2.34. The van der Waals surface area contributed by atoms with Gasteiger partial charge in [-0.05, 0) is 31.4 Å². The van der Waals surface area contributed by atoms with Gasteiger partial charge < -0.3 is 14.0 Å². The first-order valence-corrected chi connectivity index (χ1v) is 9.07. The summed E-state index contributed by atoms with van der Waals surface area (Å²) in [4.78, 5) is 17.1. The number of amides is 1. The Morgan fingerprint density at radius 3 is 2.62 bits per heavy atom. The quantitative estimate of drug-likeness (QED) is 0.724. The van der Waals surface area contributed by atoms with Crippen LogP contribution in [0.5, 0.6) is 0 Å². The van der Waals surface area contributed by atoms with Crippen molar-refractivity contribution in [2.45, 2.75) is 26.9 Å². The SMILES string of the molecule is Cc1cc(CN2CCN(C(=O)Cn3c(C)cc4ccccc43)CC2)on1. The van der Waals surface area contributed by atoms with Crippen LogP contribution in [0.25, 0.3) is 10.9 Å². The summed E-state index contributed by atoms with van der Waals surface area (Å²) in [5.74, 6) is 1.07. The standard InChI is InChI=1S/C20H24N4O2/c1-15-11-18(26-21-15)13-22-7-9-23(10-8-22)20(25)14-24-16(2)12-17-5-3-4-6-19(17)24/h3-6,11-12H,7-10,13-14H2,1-2H3. The maximum Gasteiger partial charge on any atom is 0.242 e. The van der Waals surface area contributed by atoms with Crippen molar-refractivity contribution in [2.24, 2.45) is 0 Å². The summed E-state index contributed by atoms with van der Waals surface area (Å²) in [5.41, 5.74) is 3.15. The molecule has 1 amide bonds. The number of carbonyl (C=O) groups excluding carboxylic acids is 1. The molecule has 3 aromatic rings. The van der Waals surface area contributed by atoms with Gasteiger partial charge in [-0.1, -0.05) is 23.4 Å². The topological polar surface area (TPSA) is 54.5 Å². The molecule has 1 saturated heterocycles. The first kappa shape index (κ1) is 16.8. The minimum atomic E-state index is 0.185. The lowest BCUT2D eigenvalue weighted by atomic mass is 10.2. The fourth-order valence-electron chi connectivity index (χ4n) is 3.66. The number of hydrogen-bond donors (Lipinski definition) is 0. The Bertz CT molecular complexity index is 919. The average molecular weight is 352 g/mol. The van der Waals surface area contributed by atoms with E-state index in [1.807, 2.05) is 30.0 Å². The van der Waals surface area contributed by atoms with Gasteiger partial charge >= 0.3 is 0 Å². The summed E-state index contributed by atoms with van der Waals surface area (Å²) in [6, 6.07) is 12.3. The molecule has 0 aliphatic carbocycles. The summed E-state index contributed by atoms with van der Waals surface area (Å²) >= 11 is 0. The number of aromatic nitrogens is 2. The van der Waals surface area contributed by atoms with Gasteiger partial charge in [-0.25, -0.2) is 0 Å². The molecule has 26 heavy (non-hydrogen) atoms. The number of benzene rings is 1. The second-order valence-corrected chi connectivity index (χ2v) is 7.02. The zero-order valence-corrected chi connectivity index (χ0v) is 15.3. The van der Waals surface area contributed by atoms with E-state index < -0.39 is 0 Å². The molecule has 1 fully saturated rings. The van der Waals surface area contributed by atoms with E-state index in [4.69, 9.17) is 4.52 Å². The molecule has 4 rings (SSSR count). The Hall–Kier alpha value is -2.60. The number of hydrogen-bond acceptors (Lipinski definition) is 4. The van der Waals surface area contributed by atoms with E-state index in [0.29, 0.717) is 6.54 Å². The molecule has 0 atom stereocenters. The minimum absolute atomic E-state index is 0.185. The van der Waals surface area contributed by atoms with Gasteiger partial charge in [0.05, 0.1) is 12.2 Å². The first-order valence-electron chi connectivity index (χ1n) is 9.07. The van der Waals surface area contributed by atoms with Crippen molar-refractivity contribution in [3.63, 3.8) is 0 Å². The second-order valence-electron chi connectivity index (χ2n) is 7.02. The second kappa shape index (κ2) is 6.96. The van der Waals surface area contributed by atoms with E-state index in [0.717, 1.165) is 55.4 Å². The zero-order chi connectivity index (χ0) is 18.1. The highest BCUT2D eigenvalue weighted by molar-refractivity contribution is 5.84. The van der Waals surface area contributed by atoms with E-state index in [2.05, 4.69) is 39.7 Å². The normalized spacial score (nSPS) is 15.7. The number of nitrogens with zero attached hydrogens (tertiary/aromatic N) is 4. The van der Waals surface area contributed by atoms with Gasteiger partial charge in [0, 0.05) is 43.5 Å². The minimum Gasteiger partial charge on any atom is -0.360 e. The van der Waals surface area contributed by atoms with E-state index in [1.165, 1.54) is 5.39 Å². The van der Waals surface area contributed by atoms with Crippen LogP contribution in [0, 0.1) is 13.8 Å². The fraction of sp³-hybridized carbons (Fsp3) is 0.400. The molecule has 0 saturated carbocycles. The molecule has 6 heteroatoms. The maximum atomic E-state index is 12.8. The monoisotopic (exact) mass is 352 g/mol. The molecule has 0 unspecified atom stereocenters. The fourth-order valence-corrected chi connectivity index (χ4v) is 3.66. The Balaban J connectivity index is 1.37. The van der Waals surface area contributed by atoms with Crippen molar-refractivity contribution in [1.82, 2.24) is 19.5 Å². The van der Waals surface area contributed by atoms with Crippen molar-refractivity contribution in [3.8, 4) is 0 Å². The van der Waals surface area contributed by atoms with Gasteiger partial charge in [-0.3, -0.25) is 9.69 Å². The van der Waals surface area contributed by atoms with Crippen molar-refractivity contribution in [3.05, 3.63) is 53.5 Å². The molecule has 0 bridgehead atoms. The number of fused-ring (bicyclic) bond motifs is 1. The maximum absolute atomic E-state index is 12.8. The molecule has 1 aromatic carbocycles. The Morgan fingerprint density at radius 2 is 1.88 bits per heavy atom. The third-order valence-corrected chi connectivity index (χ3v) is 5.09. The zero-order valence-electron chi connectivity index (χ0n) is 15.3. The molecule has 1 aliphatic rings. The Morgan fingerprint density at radius 1 is 1.12 bits per heavy atom. The van der Waals surface area contributed by atoms with Crippen LogP contribution in [0.1, 0.15) is 17.1 Å². The van der Waals surface area contributed by atoms with Crippen molar-refractivity contribution in [1.29, 1.82) is 0 Å². The number of rotatable bonds is 4. The van der Waals surface area contributed by atoms with Crippen molar-refractivity contribution >= 4 is 16.8 Å². The molecule has 0 radical (unpaired) electrons. The highest BCUT2D eigenvalue weighted by Crippen LogP contribution is 2.19. The van der Waals surface area contributed by atoms with Crippen LogP contribution in [0.3, 0.4) is 0 Å². The molecular formula is C20H24N4O2. The van der Waals surface area contributed by atoms with Gasteiger partial charge in [0.1, 0.15) is 6.54 Å². The Kier molecular flexibility index (Phi) is 4.51. The molecule has 1 aliphatic heterocycles. The predicted octanol–water partition coefficient (Wildman–Crippen LogP) is 2.59. The molecule has 6 nitrogen and oxygen atoms in total. The van der Waals surface area contributed by atoms with Gasteiger partial charge in [0.15, 0.2) is 5.76 Å². The molecule has 3 heterocycles. The number of piperazine rings is 1. The van der Waals surface area contributed by atoms with Crippen molar-refractivity contribution < 1.29 is 9.32 Å². The van der Waals surface area contributed by atoms with E-state index in [1.54, 1.807) is 0 Å². The third kappa shape index (κ3) is 3.37. The van der Waals surface area contributed by atoms with Gasteiger partial charge in [0.2, 0.25) is 5.91 Å². The summed E-state index contributed by atoms with van der Waals surface area (Å²) in [7, 11) is 0. The lowest BCUT2D eigenvalue weighted by molar-refractivity contribution is -0.133. The predicted molar refractivity (Wildman–Crippen MR) is 99.8 cm³/mol. The number of carbonyl (C=O) groups is 1. The van der Waals surface area contributed by atoms with Crippen LogP contribution in [0.15, 0.2) is 40.9 Å². The molecule has 0 N–H and O–H groups in total. The van der Waals surface area contributed by atoms with Gasteiger partial charge in [-0.15, -0.1) is 0 Å². The molecular weight excluding hydrogens is 328 g/mol. The van der Waals surface area contributed by atoms with Crippen LogP contribution in [-0.2, 0) is 17.9 Å². The largest absolute Gasteiger partial charge is 0.360 e. The summed E-state index contributed by atoms with van der Waals surface area (Å²) in [5, 5.41) is 5.12. The number of aryl methyl sites for hydroxylation is 2. The molecule has 0 spiro atoms. The van der Waals surface area contributed by atoms with E-state index in [9.17, 15) is 4.79 Å². The molecule has 2 aromatic heterocycles. The van der Waals surface area contributed by atoms with Crippen LogP contribution in [0.4, 0.5) is 0 Å². The number of para-hydroxylation sites is 1. The van der Waals surface area contributed by atoms with Crippen LogP contribution in [0.2, 0.25) is 0 Å². The van der Waals surface area contributed by atoms with Crippen LogP contribution >= 0.6 is 0 Å². The van der Waals surface area contributed by atoms with Gasteiger partial charge in [-0.2, -0.15) is 0 Å². The summed E-state index contributed by atoms with van der Waals surface area (Å²) in [6.45, 7) is 8.37. The van der Waals surface area contributed by atoms with E-state index >= 15 is 0 Å². The van der Waals surface area contributed by atoms with Crippen molar-refractivity contribution in [2.75, 3.05) is 26.2 Å². The lowest BCUT2D eigenvalue weighted by Crippen LogP contribution is -2.49. The van der Waals surface area contributed by atoms with E-state index in [-0.39, 0.29) is 5.91 Å². The average Bonchev–Trinajstić information content (AvgIpc) is 3.19. The van der Waals surface area contributed by atoms with Crippen LogP contribution < -0.4 is 0 Å². The molecule has 136 valence electrons. The first-order chi connectivity index (χ1) is 12.6. The summed E-state index contributed by atoms with van der Waals surface area (Å²) in [6.07, 6.45) is 0. The smallest absolute Gasteiger partial charge is 0.242 e. The van der Waals surface area contributed by atoms with Crippen LogP contribution in [-0.4, -0.2) is 51.6 Å². The van der Waals surface area contributed by atoms with Gasteiger partial charge in [0.25, 0.3) is 0 Å². The Labute approximate surface area is 153 Å². The highest BCUT2D eigenvalue weighted by atomic mass is 16.5. The third-order valence-electron chi connectivity index (χ3n) is 5.09. The highest BCUT2D eigenvalue weighted by Gasteiger charge is 2.22. The summed E-state index contributed by atoms with van der Waals surface area (Å²) < 4.78 is 7.40.